The standard InChI is InChI=1S/2C45H38BN.C28H19N.C18H22B/c1-27-22-29(3)42(30(4)23-27)46(43-31(5)24-28(2)25-32(43)6)36-15-11-14-35(26-36)44-39-20-18-33-12-7-9-16-37(33)41(39)40-21-19-34-13-8-10-17-38(34)45(40)47-44;1-27-23-29(3)42(30(4)24-27)46(43-31(5)25-28(2)26-32(43)6)36-19-15-35(16-20-36)44-39-21-17-33-11-7-9-13-37(33)41(39)40-22-18-34-12-8-10-14-38(34)45(40)47-44;1-18-8-2-5-11-21(18)27-24-16-14-19-9-3-6-12-22(19)26(24)25-17-15-20-10-4-7-13-23(20)28(25)29-27;1-11-7-13(3)17(14(4)8-11)19-18-15(5)9-12(2)10-16(18)6/h2*7-26H,1-6H3;2-17H,1H3;7-10H,1-6H3. The smallest absolute Gasteiger partial charge is 0.242 e. The Balaban J connectivity index is 0.000000118. The first-order valence-electron chi connectivity index (χ1n) is 50.2. The zero-order chi connectivity index (χ0) is 98.3. The minimum atomic E-state index is 0.101. The van der Waals surface area contributed by atoms with Crippen molar-refractivity contribution in [3.8, 4) is 33.8 Å². The van der Waals surface area contributed by atoms with E-state index in [1.165, 1.54) is 268 Å². The van der Waals surface area contributed by atoms with Crippen LogP contribution in [0.4, 0.5) is 0 Å². The number of nitrogens with zero attached hydrogens (tertiary/aromatic N) is 3. The maximum atomic E-state index is 5.55. The number of rotatable bonds is 11. The monoisotopic (exact) mass is 1820 g/mol. The van der Waals surface area contributed by atoms with Crippen molar-refractivity contribution in [2.45, 2.75) is 132 Å². The maximum Gasteiger partial charge on any atom is 0.242 e. The maximum absolute atomic E-state index is 5.55. The number of hydrogen-bond donors (Lipinski definition) is 0. The molecule has 0 fully saturated rings. The van der Waals surface area contributed by atoms with Crippen molar-refractivity contribution in [3.05, 3.63) is 470 Å². The van der Waals surface area contributed by atoms with Gasteiger partial charge in [-0.25, -0.2) is 15.0 Å². The Hall–Kier alpha value is -15.6. The van der Waals surface area contributed by atoms with Crippen molar-refractivity contribution in [2.24, 2.45) is 0 Å². The van der Waals surface area contributed by atoms with E-state index < -0.39 is 0 Å². The molecule has 0 aliphatic carbocycles. The van der Waals surface area contributed by atoms with Crippen LogP contribution in [0.1, 0.15) is 106 Å². The number of fused-ring (bicyclic) bond motifs is 21. The van der Waals surface area contributed by atoms with Crippen molar-refractivity contribution in [1.29, 1.82) is 0 Å². The third-order valence-electron chi connectivity index (χ3n) is 30.0. The largest absolute Gasteiger partial charge is 0.246 e. The van der Waals surface area contributed by atoms with Gasteiger partial charge in [0, 0.05) is 81.3 Å². The highest BCUT2D eigenvalue weighted by molar-refractivity contribution is 6.97. The average molecular weight is 1830 g/mol. The van der Waals surface area contributed by atoms with Gasteiger partial charge in [0.15, 0.2) is 7.28 Å². The molecule has 0 aliphatic rings. The molecule has 3 nitrogen and oxygen atoms in total. The molecule has 0 unspecified atom stereocenters. The molecular formula is C136H117B3N3. The van der Waals surface area contributed by atoms with Crippen LogP contribution in [-0.4, -0.2) is 35.7 Å². The molecule has 24 rings (SSSR count). The lowest BCUT2D eigenvalue weighted by atomic mass is 9.34. The second-order valence-corrected chi connectivity index (χ2v) is 40.5. The molecule has 0 aliphatic heterocycles. The molecule has 3 aromatic heterocycles. The van der Waals surface area contributed by atoms with Crippen LogP contribution >= 0.6 is 0 Å². The lowest BCUT2D eigenvalue weighted by molar-refractivity contribution is 1.34. The zero-order valence-corrected chi connectivity index (χ0v) is 85.2. The minimum Gasteiger partial charge on any atom is -0.246 e. The van der Waals surface area contributed by atoms with Crippen LogP contribution in [0.5, 0.6) is 0 Å². The molecule has 0 bridgehead atoms. The fourth-order valence-electron chi connectivity index (χ4n) is 24.2. The summed E-state index contributed by atoms with van der Waals surface area (Å²) in [6.45, 7) is 42.5. The van der Waals surface area contributed by atoms with Gasteiger partial charge in [-0.2, -0.15) is 0 Å². The minimum absolute atomic E-state index is 0.101. The van der Waals surface area contributed by atoms with E-state index >= 15 is 0 Å². The van der Waals surface area contributed by atoms with Crippen molar-refractivity contribution >= 4 is 194 Å². The molecule has 0 saturated heterocycles. The SMILES string of the molecule is Cc1cc(C)c(B(c2ccc(-c3nc4c5ccccc5ccc4c4c3ccc3ccccc34)cc2)c2c(C)cc(C)cc2C)c(C)c1.Cc1cc(C)c(B(c2cccc(-c3nc4c5ccccc5ccc4c4c3ccc3ccccc34)c2)c2c(C)cc(C)cc2C)c(C)c1.Cc1cc(C)c([B]c2c(C)cc(C)cc2C)c(C)c1.Cc1ccccc1-c1nc2c3ccccc3ccc2c2c1ccc1ccccc12. The van der Waals surface area contributed by atoms with Gasteiger partial charge < -0.3 is 0 Å². The third kappa shape index (κ3) is 17.2. The normalized spacial score (nSPS) is 11.5. The van der Waals surface area contributed by atoms with Crippen LogP contribution in [0, 0.1) is 132 Å². The second-order valence-electron chi connectivity index (χ2n) is 40.5. The highest BCUT2D eigenvalue weighted by Gasteiger charge is 2.32. The van der Waals surface area contributed by atoms with Crippen LogP contribution in [0.25, 0.3) is 163 Å². The Labute approximate surface area is 837 Å². The zero-order valence-electron chi connectivity index (χ0n) is 85.2. The molecule has 0 N–H and O–H groups in total. The van der Waals surface area contributed by atoms with Crippen LogP contribution in [0.2, 0.25) is 0 Å². The van der Waals surface area contributed by atoms with E-state index in [0.29, 0.717) is 0 Å². The Kier molecular flexibility index (Phi) is 24.9. The molecule has 0 amide bonds. The lowest BCUT2D eigenvalue weighted by Gasteiger charge is -2.25. The van der Waals surface area contributed by atoms with Crippen LogP contribution in [-0.2, 0) is 0 Å². The van der Waals surface area contributed by atoms with Gasteiger partial charge in [0.05, 0.1) is 33.6 Å². The molecule has 6 heteroatoms. The first-order chi connectivity index (χ1) is 68.7. The van der Waals surface area contributed by atoms with Gasteiger partial charge in [0.25, 0.3) is 0 Å². The summed E-state index contributed by atoms with van der Waals surface area (Å²) in [6, 6.07) is 134. The first kappa shape index (κ1) is 92.7. The molecular weight excluding hydrogens is 1710 g/mol. The predicted molar refractivity (Wildman–Crippen MR) is 622 cm³/mol. The van der Waals surface area contributed by atoms with Crippen LogP contribution in [0.15, 0.2) is 364 Å². The van der Waals surface area contributed by atoms with E-state index in [0.717, 1.165) is 44.8 Å². The van der Waals surface area contributed by atoms with Crippen LogP contribution < -0.4 is 43.7 Å². The highest BCUT2D eigenvalue weighted by Crippen LogP contribution is 2.44. The molecule has 0 saturated carbocycles. The Morgan fingerprint density at radius 1 is 0.176 bits per heavy atom. The molecule has 685 valence electrons. The van der Waals surface area contributed by atoms with Gasteiger partial charge >= 0.3 is 0 Å². The number of pyridine rings is 3. The van der Waals surface area contributed by atoms with Gasteiger partial charge in [-0.15, -0.1) is 0 Å². The highest BCUT2D eigenvalue weighted by atomic mass is 14.7. The number of hydrogen-bond acceptors (Lipinski definition) is 3. The first-order valence-corrected chi connectivity index (χ1v) is 50.2. The number of aromatic nitrogens is 3. The molecule has 3 heterocycles. The molecule has 0 atom stereocenters. The van der Waals surface area contributed by atoms with Crippen molar-refractivity contribution in [2.75, 3.05) is 0 Å². The van der Waals surface area contributed by atoms with E-state index in [-0.39, 0.29) is 13.4 Å². The fraction of sp³-hybridized carbons (Fsp3) is 0.140. The molecule has 1 radical (unpaired) electrons. The summed E-state index contributed by atoms with van der Waals surface area (Å²) in [5.41, 5.74) is 46.0. The van der Waals surface area contributed by atoms with Gasteiger partial charge in [-0.3, -0.25) is 0 Å². The van der Waals surface area contributed by atoms with Gasteiger partial charge in [-0.05, 0) is 186 Å². The van der Waals surface area contributed by atoms with E-state index in [1.807, 2.05) is 0 Å². The topological polar surface area (TPSA) is 38.7 Å². The van der Waals surface area contributed by atoms with Crippen molar-refractivity contribution < 1.29 is 0 Å². The van der Waals surface area contributed by atoms with E-state index in [2.05, 4.69) is 503 Å². The molecule has 142 heavy (non-hydrogen) atoms. The fourth-order valence-corrected chi connectivity index (χ4v) is 24.2. The second kappa shape index (κ2) is 38.2. The Morgan fingerprint density at radius 2 is 0.437 bits per heavy atom. The van der Waals surface area contributed by atoms with E-state index in [1.54, 1.807) is 0 Å². The summed E-state index contributed by atoms with van der Waals surface area (Å²) < 4.78 is 0. The summed E-state index contributed by atoms with van der Waals surface area (Å²) >= 11 is 0. The van der Waals surface area contributed by atoms with Gasteiger partial charge in [0.2, 0.25) is 13.4 Å². The summed E-state index contributed by atoms with van der Waals surface area (Å²) in [5, 5.41) is 25.8. The van der Waals surface area contributed by atoms with E-state index in [4.69, 9.17) is 15.0 Å². The quantitative estimate of drug-likeness (QED) is 0.0957. The third-order valence-corrected chi connectivity index (χ3v) is 30.0. The van der Waals surface area contributed by atoms with E-state index in [9.17, 15) is 0 Å². The van der Waals surface area contributed by atoms with Crippen molar-refractivity contribution in [1.82, 2.24) is 15.0 Å². The van der Waals surface area contributed by atoms with Gasteiger partial charge in [-0.1, -0.05) is 508 Å². The van der Waals surface area contributed by atoms with Crippen LogP contribution in [0.3, 0.4) is 0 Å². The predicted octanol–water partition coefficient (Wildman–Crippen LogP) is 30.3. The summed E-state index contributed by atoms with van der Waals surface area (Å²) in [4.78, 5) is 16.3. The summed E-state index contributed by atoms with van der Waals surface area (Å²) in [5.74, 6) is 0. The number of aryl methyl sites for hydroxylation is 19. The molecule has 24 aromatic rings. The average Bonchev–Trinajstić information content (AvgIpc) is 0.733. The summed E-state index contributed by atoms with van der Waals surface area (Å²) in [7, 11) is 2.34. The lowest BCUT2D eigenvalue weighted by Crippen LogP contribution is -2.55. The molecule has 0 spiro atoms. The van der Waals surface area contributed by atoms with Crippen molar-refractivity contribution in [3.63, 3.8) is 0 Å². The van der Waals surface area contributed by atoms with Gasteiger partial charge in [0.1, 0.15) is 0 Å². The Morgan fingerprint density at radius 3 is 0.768 bits per heavy atom. The summed E-state index contributed by atoms with van der Waals surface area (Å²) in [6.07, 6.45) is 0. The number of benzene rings is 21. The molecule has 21 aromatic carbocycles. The Bertz CT molecular complexity index is 8950.